The number of hydrogen-bond acceptors (Lipinski definition) is 5. The van der Waals surface area contributed by atoms with Gasteiger partial charge in [-0.05, 0) is 38.1 Å². The van der Waals surface area contributed by atoms with Crippen LogP contribution in [0.3, 0.4) is 0 Å². The fourth-order valence-corrected chi connectivity index (χ4v) is 4.12. The quantitative estimate of drug-likeness (QED) is 0.705. The lowest BCUT2D eigenvalue weighted by Crippen LogP contribution is -2.26. The van der Waals surface area contributed by atoms with Gasteiger partial charge in [0, 0.05) is 34.4 Å². The number of aryl methyl sites for hydroxylation is 2. The van der Waals surface area contributed by atoms with E-state index in [4.69, 9.17) is 9.47 Å². The maximum Gasteiger partial charge on any atom is 0.260 e. The Morgan fingerprint density at radius 3 is 2.67 bits per heavy atom. The molecule has 0 spiro atoms. The average Bonchev–Trinajstić information content (AvgIpc) is 3.03. The molecule has 0 bridgehead atoms. The Balaban J connectivity index is 1.94. The lowest BCUT2D eigenvalue weighted by Gasteiger charge is -2.12. The van der Waals surface area contributed by atoms with Crippen molar-refractivity contribution < 1.29 is 14.3 Å². The molecule has 0 unspecified atom stereocenters. The van der Waals surface area contributed by atoms with E-state index in [1.165, 1.54) is 11.3 Å². The molecule has 3 rings (SSSR count). The Kier molecular flexibility index (Phi) is 5.51. The molecule has 0 saturated heterocycles. The molecule has 27 heavy (non-hydrogen) atoms. The van der Waals surface area contributed by atoms with E-state index >= 15 is 0 Å². The molecule has 2 aromatic heterocycles. The number of nitrogens with one attached hydrogen (secondary N) is 1. The van der Waals surface area contributed by atoms with Gasteiger partial charge in [-0.2, -0.15) is 0 Å². The first kappa shape index (κ1) is 19.0. The number of pyridine rings is 1. The van der Waals surface area contributed by atoms with Crippen molar-refractivity contribution >= 4 is 27.3 Å². The van der Waals surface area contributed by atoms with E-state index in [2.05, 4.69) is 5.32 Å². The molecular weight excluding hydrogens is 364 g/mol. The number of carbonyl (C=O) groups is 1. The summed E-state index contributed by atoms with van der Waals surface area (Å²) in [5.74, 6) is 1.08. The first-order chi connectivity index (χ1) is 13.0. The van der Waals surface area contributed by atoms with Gasteiger partial charge in [-0.1, -0.05) is 0 Å². The minimum atomic E-state index is -0.269. The Morgan fingerprint density at radius 2 is 2.00 bits per heavy atom. The monoisotopic (exact) mass is 386 g/mol. The number of fused-ring (bicyclic) bond motifs is 1. The molecule has 0 aliphatic carbocycles. The standard InChI is InChI=1S/C20H22N2O4S/c1-5-22-9-8-16-18(20(22)24)17(12(2)27-16)19(23)21-11-13-10-14(25-3)6-7-15(13)26-4/h6-10H,5,11H2,1-4H3,(H,21,23). The van der Waals surface area contributed by atoms with Crippen LogP contribution >= 0.6 is 11.3 Å². The predicted octanol–water partition coefficient (Wildman–Crippen LogP) is 3.34. The highest BCUT2D eigenvalue weighted by Crippen LogP contribution is 2.29. The van der Waals surface area contributed by atoms with Gasteiger partial charge in [0.15, 0.2) is 0 Å². The third-order valence-electron chi connectivity index (χ3n) is 4.49. The second-order valence-electron chi connectivity index (χ2n) is 6.04. The largest absolute Gasteiger partial charge is 0.497 e. The number of amides is 1. The zero-order chi connectivity index (χ0) is 19.6. The molecule has 7 heteroatoms. The van der Waals surface area contributed by atoms with E-state index in [0.29, 0.717) is 29.0 Å². The van der Waals surface area contributed by atoms with Gasteiger partial charge in [0.1, 0.15) is 11.5 Å². The average molecular weight is 386 g/mol. The first-order valence-electron chi connectivity index (χ1n) is 8.61. The van der Waals surface area contributed by atoms with Gasteiger partial charge in [-0.3, -0.25) is 9.59 Å². The highest BCUT2D eigenvalue weighted by atomic mass is 32.1. The van der Waals surface area contributed by atoms with Crippen molar-refractivity contribution in [1.82, 2.24) is 9.88 Å². The fraction of sp³-hybridized carbons (Fsp3) is 0.300. The van der Waals surface area contributed by atoms with Gasteiger partial charge in [-0.25, -0.2) is 0 Å². The summed E-state index contributed by atoms with van der Waals surface area (Å²) in [5.41, 5.74) is 1.11. The molecule has 0 aliphatic heterocycles. The van der Waals surface area contributed by atoms with E-state index in [1.807, 2.05) is 26.0 Å². The first-order valence-corrected chi connectivity index (χ1v) is 9.43. The van der Waals surface area contributed by atoms with Crippen LogP contribution in [0.1, 0.15) is 27.7 Å². The van der Waals surface area contributed by atoms with Gasteiger partial charge in [0.25, 0.3) is 11.5 Å². The SMILES string of the molecule is CCn1ccc2sc(C)c(C(=O)NCc3cc(OC)ccc3OC)c2c1=O. The summed E-state index contributed by atoms with van der Waals surface area (Å²) in [7, 11) is 3.17. The van der Waals surface area contributed by atoms with Crippen molar-refractivity contribution in [2.75, 3.05) is 14.2 Å². The molecule has 0 aliphatic rings. The molecular formula is C20H22N2O4S. The summed E-state index contributed by atoms with van der Waals surface area (Å²) in [6, 6.07) is 7.31. The molecule has 0 atom stereocenters. The van der Waals surface area contributed by atoms with Crippen molar-refractivity contribution in [3.05, 3.63) is 56.8 Å². The van der Waals surface area contributed by atoms with Crippen LogP contribution in [0.25, 0.3) is 10.1 Å². The van der Waals surface area contributed by atoms with Crippen LogP contribution in [0.2, 0.25) is 0 Å². The van der Waals surface area contributed by atoms with Crippen LogP contribution in [-0.2, 0) is 13.1 Å². The van der Waals surface area contributed by atoms with Gasteiger partial charge in [-0.15, -0.1) is 11.3 Å². The van der Waals surface area contributed by atoms with Crippen molar-refractivity contribution in [3.8, 4) is 11.5 Å². The lowest BCUT2D eigenvalue weighted by molar-refractivity contribution is 0.0952. The Labute approximate surface area is 161 Å². The van der Waals surface area contributed by atoms with Crippen molar-refractivity contribution in [2.24, 2.45) is 0 Å². The summed E-state index contributed by atoms with van der Waals surface area (Å²) in [5, 5.41) is 3.39. The third-order valence-corrected chi connectivity index (χ3v) is 5.56. The number of carbonyl (C=O) groups excluding carboxylic acids is 1. The number of methoxy groups -OCH3 is 2. The van der Waals surface area contributed by atoms with Crippen LogP contribution in [0.5, 0.6) is 11.5 Å². The van der Waals surface area contributed by atoms with Crippen LogP contribution in [0, 0.1) is 6.92 Å². The zero-order valence-electron chi connectivity index (χ0n) is 15.8. The zero-order valence-corrected chi connectivity index (χ0v) is 16.6. The number of benzene rings is 1. The predicted molar refractivity (Wildman–Crippen MR) is 107 cm³/mol. The molecule has 0 saturated carbocycles. The molecule has 142 valence electrons. The molecule has 0 radical (unpaired) electrons. The normalized spacial score (nSPS) is 10.8. The second-order valence-corrected chi connectivity index (χ2v) is 7.30. The van der Waals surface area contributed by atoms with E-state index in [-0.39, 0.29) is 18.0 Å². The Morgan fingerprint density at radius 1 is 1.22 bits per heavy atom. The molecule has 3 aromatic rings. The molecule has 0 fully saturated rings. The van der Waals surface area contributed by atoms with Crippen LogP contribution < -0.4 is 20.3 Å². The lowest BCUT2D eigenvalue weighted by atomic mass is 10.1. The smallest absolute Gasteiger partial charge is 0.260 e. The fourth-order valence-electron chi connectivity index (χ4n) is 3.07. The summed E-state index contributed by atoms with van der Waals surface area (Å²) in [4.78, 5) is 26.4. The number of ether oxygens (including phenoxy) is 2. The van der Waals surface area contributed by atoms with E-state index in [1.54, 1.807) is 37.1 Å². The minimum Gasteiger partial charge on any atom is -0.497 e. The summed E-state index contributed by atoms with van der Waals surface area (Å²) < 4.78 is 13.0. The van der Waals surface area contributed by atoms with E-state index < -0.39 is 0 Å². The van der Waals surface area contributed by atoms with Crippen LogP contribution in [0.4, 0.5) is 0 Å². The number of aromatic nitrogens is 1. The second kappa shape index (κ2) is 7.84. The third kappa shape index (κ3) is 3.55. The van der Waals surface area contributed by atoms with Crippen molar-refractivity contribution in [2.45, 2.75) is 26.9 Å². The molecule has 2 heterocycles. The number of nitrogens with zero attached hydrogens (tertiary/aromatic N) is 1. The van der Waals surface area contributed by atoms with Gasteiger partial charge < -0.3 is 19.4 Å². The van der Waals surface area contributed by atoms with Gasteiger partial charge >= 0.3 is 0 Å². The van der Waals surface area contributed by atoms with E-state index in [9.17, 15) is 9.59 Å². The molecule has 1 N–H and O–H groups in total. The maximum atomic E-state index is 12.9. The minimum absolute atomic E-state index is 0.136. The maximum absolute atomic E-state index is 12.9. The summed E-state index contributed by atoms with van der Waals surface area (Å²) in [6.07, 6.45) is 1.77. The van der Waals surface area contributed by atoms with Crippen molar-refractivity contribution in [1.29, 1.82) is 0 Å². The number of rotatable bonds is 6. The highest BCUT2D eigenvalue weighted by molar-refractivity contribution is 7.19. The van der Waals surface area contributed by atoms with Crippen molar-refractivity contribution in [3.63, 3.8) is 0 Å². The number of thiophene rings is 1. The molecule has 1 amide bonds. The molecule has 1 aromatic carbocycles. The van der Waals surface area contributed by atoms with Crippen LogP contribution in [-0.4, -0.2) is 24.7 Å². The van der Waals surface area contributed by atoms with E-state index in [0.717, 1.165) is 15.1 Å². The Hall–Kier alpha value is -2.80. The topological polar surface area (TPSA) is 69.6 Å². The Bertz CT molecular complexity index is 1050. The van der Waals surface area contributed by atoms with Crippen LogP contribution in [0.15, 0.2) is 35.3 Å². The summed E-state index contributed by atoms with van der Waals surface area (Å²) in [6.45, 7) is 4.60. The molecule has 6 nitrogen and oxygen atoms in total. The highest BCUT2D eigenvalue weighted by Gasteiger charge is 2.20. The van der Waals surface area contributed by atoms with Gasteiger partial charge in [0.2, 0.25) is 0 Å². The van der Waals surface area contributed by atoms with Gasteiger partial charge in [0.05, 0.1) is 25.2 Å². The number of hydrogen-bond donors (Lipinski definition) is 1. The summed E-state index contributed by atoms with van der Waals surface area (Å²) >= 11 is 1.46.